The Hall–Kier alpha value is -1.47. The molecule has 0 saturated carbocycles. The molecular formula is C13H16ClF3N2O2. The summed E-state index contributed by atoms with van der Waals surface area (Å²) >= 11 is 5.88. The van der Waals surface area contributed by atoms with Crippen LogP contribution in [0.3, 0.4) is 0 Å². The van der Waals surface area contributed by atoms with Gasteiger partial charge in [0.15, 0.2) is 0 Å². The van der Waals surface area contributed by atoms with Crippen molar-refractivity contribution >= 4 is 23.2 Å². The van der Waals surface area contributed by atoms with Crippen molar-refractivity contribution in [3.05, 3.63) is 28.8 Å². The summed E-state index contributed by atoms with van der Waals surface area (Å²) in [5, 5.41) is 13.4. The SMILES string of the molecule is CC(Nc1ccc(C(=O)NCCCO)cc1Cl)C(F)(F)F. The molecule has 8 heteroatoms. The molecule has 0 aromatic heterocycles. The Balaban J connectivity index is 2.74. The van der Waals surface area contributed by atoms with Crippen LogP contribution in [0.25, 0.3) is 0 Å². The second-order valence-electron chi connectivity index (χ2n) is 4.44. The monoisotopic (exact) mass is 324 g/mol. The lowest BCUT2D eigenvalue weighted by molar-refractivity contribution is -0.138. The van der Waals surface area contributed by atoms with Crippen LogP contribution in [-0.2, 0) is 0 Å². The van der Waals surface area contributed by atoms with Crippen LogP contribution in [0.15, 0.2) is 18.2 Å². The Morgan fingerprint density at radius 1 is 1.43 bits per heavy atom. The predicted octanol–water partition coefficient (Wildman–Crippen LogP) is 2.81. The van der Waals surface area contributed by atoms with Crippen molar-refractivity contribution in [2.45, 2.75) is 25.6 Å². The van der Waals surface area contributed by atoms with Crippen molar-refractivity contribution in [2.24, 2.45) is 0 Å². The molecule has 0 spiro atoms. The molecule has 4 nitrogen and oxygen atoms in total. The van der Waals surface area contributed by atoms with Gasteiger partial charge in [-0.3, -0.25) is 4.79 Å². The first-order valence-corrected chi connectivity index (χ1v) is 6.65. The second-order valence-corrected chi connectivity index (χ2v) is 4.84. The fraction of sp³-hybridized carbons (Fsp3) is 0.462. The molecule has 0 aliphatic heterocycles. The number of rotatable bonds is 6. The summed E-state index contributed by atoms with van der Waals surface area (Å²) in [5.41, 5.74) is 0.344. The summed E-state index contributed by atoms with van der Waals surface area (Å²) < 4.78 is 37.4. The first kappa shape index (κ1) is 17.6. The molecule has 3 N–H and O–H groups in total. The van der Waals surface area contributed by atoms with E-state index in [4.69, 9.17) is 16.7 Å². The van der Waals surface area contributed by atoms with E-state index in [9.17, 15) is 18.0 Å². The van der Waals surface area contributed by atoms with Gasteiger partial charge in [-0.15, -0.1) is 0 Å². The Morgan fingerprint density at radius 3 is 2.62 bits per heavy atom. The van der Waals surface area contributed by atoms with Crippen molar-refractivity contribution in [3.8, 4) is 0 Å². The minimum absolute atomic E-state index is 0.0286. The fourth-order valence-electron chi connectivity index (χ4n) is 1.47. The number of nitrogens with one attached hydrogen (secondary N) is 2. The number of alkyl halides is 3. The maximum absolute atomic E-state index is 12.5. The number of halogens is 4. The Morgan fingerprint density at radius 2 is 2.10 bits per heavy atom. The fourth-order valence-corrected chi connectivity index (χ4v) is 1.71. The molecular weight excluding hydrogens is 309 g/mol. The van der Waals surface area contributed by atoms with Gasteiger partial charge in [0.05, 0.1) is 10.7 Å². The molecule has 1 amide bonds. The molecule has 118 valence electrons. The van der Waals surface area contributed by atoms with Crippen molar-refractivity contribution < 1.29 is 23.1 Å². The van der Waals surface area contributed by atoms with Crippen LogP contribution >= 0.6 is 11.6 Å². The molecule has 1 rings (SSSR count). The molecule has 0 bridgehead atoms. The Labute approximate surface area is 125 Å². The van der Waals surface area contributed by atoms with Gasteiger partial charge in [-0.2, -0.15) is 13.2 Å². The maximum atomic E-state index is 12.5. The smallest absolute Gasteiger partial charge is 0.396 e. The third kappa shape index (κ3) is 5.43. The summed E-state index contributed by atoms with van der Waals surface area (Å²) in [4.78, 5) is 11.7. The minimum Gasteiger partial charge on any atom is -0.396 e. The van der Waals surface area contributed by atoms with E-state index in [1.54, 1.807) is 0 Å². The van der Waals surface area contributed by atoms with Crippen molar-refractivity contribution in [2.75, 3.05) is 18.5 Å². The molecule has 0 aliphatic carbocycles. The first-order valence-electron chi connectivity index (χ1n) is 6.27. The second kappa shape index (κ2) is 7.51. The van der Waals surface area contributed by atoms with Gasteiger partial charge in [0.1, 0.15) is 6.04 Å². The van der Waals surface area contributed by atoms with E-state index in [0.717, 1.165) is 6.92 Å². The van der Waals surface area contributed by atoms with E-state index in [2.05, 4.69) is 10.6 Å². The Kier molecular flexibility index (Phi) is 6.29. The van der Waals surface area contributed by atoms with E-state index in [-0.39, 0.29) is 22.9 Å². The highest BCUT2D eigenvalue weighted by molar-refractivity contribution is 6.33. The van der Waals surface area contributed by atoms with Crippen molar-refractivity contribution in [3.63, 3.8) is 0 Å². The molecule has 21 heavy (non-hydrogen) atoms. The summed E-state index contributed by atoms with van der Waals surface area (Å²) in [6, 6.07) is 2.25. The van der Waals surface area contributed by atoms with Crippen molar-refractivity contribution in [1.29, 1.82) is 0 Å². The van der Waals surface area contributed by atoms with Gasteiger partial charge < -0.3 is 15.7 Å². The third-order valence-electron chi connectivity index (χ3n) is 2.71. The van der Waals surface area contributed by atoms with Gasteiger partial charge >= 0.3 is 6.18 Å². The summed E-state index contributed by atoms with van der Waals surface area (Å²) in [6.45, 7) is 1.24. The number of hydrogen-bond donors (Lipinski definition) is 3. The number of anilines is 1. The molecule has 0 fully saturated rings. The van der Waals surface area contributed by atoms with Crippen LogP contribution in [-0.4, -0.2) is 36.4 Å². The lowest BCUT2D eigenvalue weighted by Gasteiger charge is -2.19. The van der Waals surface area contributed by atoms with Crippen LogP contribution in [0.4, 0.5) is 18.9 Å². The molecule has 0 aliphatic rings. The zero-order valence-electron chi connectivity index (χ0n) is 11.3. The highest BCUT2D eigenvalue weighted by Gasteiger charge is 2.36. The number of aliphatic hydroxyl groups is 1. The average molecular weight is 325 g/mol. The predicted molar refractivity (Wildman–Crippen MR) is 74.6 cm³/mol. The molecule has 0 radical (unpaired) electrons. The minimum atomic E-state index is -4.39. The van der Waals surface area contributed by atoms with Gasteiger partial charge in [0.2, 0.25) is 0 Å². The Bertz CT molecular complexity index is 495. The summed E-state index contributed by atoms with van der Waals surface area (Å²) in [7, 11) is 0. The van der Waals surface area contributed by atoms with Crippen molar-refractivity contribution in [1.82, 2.24) is 5.32 Å². The first-order chi connectivity index (χ1) is 9.75. The van der Waals surface area contributed by atoms with E-state index >= 15 is 0 Å². The maximum Gasteiger partial charge on any atom is 0.408 e. The third-order valence-corrected chi connectivity index (χ3v) is 3.03. The highest BCUT2D eigenvalue weighted by atomic mass is 35.5. The molecule has 1 aromatic carbocycles. The van der Waals surface area contributed by atoms with Crippen LogP contribution < -0.4 is 10.6 Å². The molecule has 1 aromatic rings. The highest BCUT2D eigenvalue weighted by Crippen LogP contribution is 2.28. The molecule has 0 saturated heterocycles. The molecule has 1 atom stereocenters. The summed E-state index contributed by atoms with van der Waals surface area (Å²) in [6.07, 6.45) is -3.97. The van der Waals surface area contributed by atoms with Gasteiger partial charge in [-0.1, -0.05) is 11.6 Å². The lowest BCUT2D eigenvalue weighted by atomic mass is 10.1. The largest absolute Gasteiger partial charge is 0.408 e. The van der Waals surface area contributed by atoms with Crippen LogP contribution in [0.1, 0.15) is 23.7 Å². The number of carbonyl (C=O) groups is 1. The van der Waals surface area contributed by atoms with Gasteiger partial charge in [0, 0.05) is 18.7 Å². The van der Waals surface area contributed by atoms with E-state index in [1.165, 1.54) is 18.2 Å². The van der Waals surface area contributed by atoms with Gasteiger partial charge in [-0.05, 0) is 31.5 Å². The van der Waals surface area contributed by atoms with E-state index in [0.29, 0.717) is 13.0 Å². The number of aliphatic hydroxyl groups excluding tert-OH is 1. The lowest BCUT2D eigenvalue weighted by Crippen LogP contribution is -2.33. The van der Waals surface area contributed by atoms with E-state index in [1.807, 2.05) is 0 Å². The molecule has 1 unspecified atom stereocenters. The van der Waals surface area contributed by atoms with Crippen LogP contribution in [0, 0.1) is 0 Å². The molecule has 0 heterocycles. The normalized spacial score (nSPS) is 12.9. The van der Waals surface area contributed by atoms with Gasteiger partial charge in [0.25, 0.3) is 5.91 Å². The zero-order valence-corrected chi connectivity index (χ0v) is 12.1. The number of amides is 1. The number of carbonyl (C=O) groups excluding carboxylic acids is 1. The summed E-state index contributed by atoms with van der Waals surface area (Å²) in [5.74, 6) is -0.402. The van der Waals surface area contributed by atoms with Crippen LogP contribution in [0.2, 0.25) is 5.02 Å². The van der Waals surface area contributed by atoms with Crippen LogP contribution in [0.5, 0.6) is 0 Å². The van der Waals surface area contributed by atoms with Gasteiger partial charge in [-0.25, -0.2) is 0 Å². The van der Waals surface area contributed by atoms with E-state index < -0.39 is 18.1 Å². The number of benzene rings is 1. The number of hydrogen-bond acceptors (Lipinski definition) is 3. The quantitative estimate of drug-likeness (QED) is 0.705. The average Bonchev–Trinajstić information content (AvgIpc) is 2.40. The zero-order chi connectivity index (χ0) is 16.0. The standard InChI is InChI=1S/C13H16ClF3N2O2/c1-8(13(15,16)17)19-11-4-3-9(7-10(11)14)12(21)18-5-2-6-20/h3-4,7-8,19-20H,2,5-6H2,1H3,(H,18,21). The topological polar surface area (TPSA) is 61.4 Å².